The standard InChI is InChI=1S/C20H28N2O3/c1-16-5-2-6-17(15-16)20(24)22(18-8-13-25-14-9-18)12-4-11-21-10-3-7-19(21)23/h2,5-6,15,18H,3-4,7-14H2,1H3. The predicted octanol–water partition coefficient (Wildman–Crippen LogP) is 2.63. The van der Waals surface area contributed by atoms with E-state index in [1.807, 2.05) is 41.0 Å². The Hall–Kier alpha value is -1.88. The fourth-order valence-electron chi connectivity index (χ4n) is 3.76. The van der Waals surface area contributed by atoms with Gasteiger partial charge in [-0.05, 0) is 44.7 Å². The van der Waals surface area contributed by atoms with Crippen LogP contribution < -0.4 is 0 Å². The van der Waals surface area contributed by atoms with E-state index in [0.29, 0.717) is 26.2 Å². The molecule has 2 heterocycles. The highest BCUT2D eigenvalue weighted by Gasteiger charge is 2.27. The molecule has 25 heavy (non-hydrogen) atoms. The third-order valence-electron chi connectivity index (χ3n) is 5.16. The zero-order valence-corrected chi connectivity index (χ0v) is 15.1. The number of rotatable bonds is 6. The summed E-state index contributed by atoms with van der Waals surface area (Å²) in [5.41, 5.74) is 1.85. The van der Waals surface area contributed by atoms with Crippen molar-refractivity contribution in [3.05, 3.63) is 35.4 Å². The van der Waals surface area contributed by atoms with E-state index in [0.717, 1.165) is 49.9 Å². The zero-order valence-electron chi connectivity index (χ0n) is 15.1. The van der Waals surface area contributed by atoms with Gasteiger partial charge in [0.2, 0.25) is 5.91 Å². The van der Waals surface area contributed by atoms with Crippen LogP contribution in [0, 0.1) is 6.92 Å². The SMILES string of the molecule is Cc1cccc(C(=O)N(CCCN2CCCC2=O)C2CCOCC2)c1. The van der Waals surface area contributed by atoms with E-state index in [4.69, 9.17) is 4.74 Å². The molecule has 0 aromatic heterocycles. The average Bonchev–Trinajstić information content (AvgIpc) is 3.04. The van der Waals surface area contributed by atoms with Crippen molar-refractivity contribution in [2.24, 2.45) is 0 Å². The van der Waals surface area contributed by atoms with E-state index in [-0.39, 0.29) is 17.9 Å². The summed E-state index contributed by atoms with van der Waals surface area (Å²) in [7, 11) is 0. The minimum Gasteiger partial charge on any atom is -0.381 e. The van der Waals surface area contributed by atoms with Gasteiger partial charge in [0.25, 0.3) is 5.91 Å². The van der Waals surface area contributed by atoms with Crippen LogP contribution in [0.15, 0.2) is 24.3 Å². The largest absolute Gasteiger partial charge is 0.381 e. The summed E-state index contributed by atoms with van der Waals surface area (Å²) in [6.07, 6.45) is 4.25. The fourth-order valence-corrected chi connectivity index (χ4v) is 3.76. The van der Waals surface area contributed by atoms with Gasteiger partial charge in [0.05, 0.1) is 0 Å². The van der Waals surface area contributed by atoms with Crippen molar-refractivity contribution in [2.75, 3.05) is 32.8 Å². The highest BCUT2D eigenvalue weighted by atomic mass is 16.5. The smallest absolute Gasteiger partial charge is 0.254 e. The van der Waals surface area contributed by atoms with Crippen LogP contribution >= 0.6 is 0 Å². The Morgan fingerprint density at radius 1 is 1.32 bits per heavy atom. The van der Waals surface area contributed by atoms with E-state index in [9.17, 15) is 9.59 Å². The zero-order chi connectivity index (χ0) is 17.6. The van der Waals surface area contributed by atoms with Crippen LogP contribution in [0.5, 0.6) is 0 Å². The van der Waals surface area contributed by atoms with Crippen LogP contribution in [-0.2, 0) is 9.53 Å². The predicted molar refractivity (Wildman–Crippen MR) is 96.5 cm³/mol. The Labute approximate surface area is 149 Å². The lowest BCUT2D eigenvalue weighted by atomic mass is 10.0. The Bertz CT molecular complexity index is 611. The number of amides is 2. The number of benzene rings is 1. The third kappa shape index (κ3) is 4.60. The van der Waals surface area contributed by atoms with Crippen LogP contribution in [-0.4, -0.2) is 60.5 Å². The van der Waals surface area contributed by atoms with E-state index in [1.165, 1.54) is 0 Å². The molecular formula is C20H28N2O3. The molecule has 0 N–H and O–H groups in total. The highest BCUT2D eigenvalue weighted by Crippen LogP contribution is 2.19. The second kappa shape index (κ2) is 8.48. The van der Waals surface area contributed by atoms with Crippen molar-refractivity contribution in [3.8, 4) is 0 Å². The van der Waals surface area contributed by atoms with E-state index in [2.05, 4.69) is 0 Å². The number of nitrogens with zero attached hydrogens (tertiary/aromatic N) is 2. The summed E-state index contributed by atoms with van der Waals surface area (Å²) in [5.74, 6) is 0.353. The monoisotopic (exact) mass is 344 g/mol. The van der Waals surface area contributed by atoms with Crippen molar-refractivity contribution in [2.45, 2.75) is 45.1 Å². The Morgan fingerprint density at radius 3 is 2.80 bits per heavy atom. The van der Waals surface area contributed by atoms with E-state index >= 15 is 0 Å². The summed E-state index contributed by atoms with van der Waals surface area (Å²) >= 11 is 0. The molecule has 136 valence electrons. The lowest BCUT2D eigenvalue weighted by Gasteiger charge is -2.35. The first kappa shape index (κ1) is 17.9. The van der Waals surface area contributed by atoms with Gasteiger partial charge in [-0.2, -0.15) is 0 Å². The van der Waals surface area contributed by atoms with E-state index in [1.54, 1.807) is 0 Å². The molecule has 0 radical (unpaired) electrons. The number of carbonyl (C=O) groups excluding carboxylic acids is 2. The van der Waals surface area contributed by atoms with Gasteiger partial charge >= 0.3 is 0 Å². The lowest BCUT2D eigenvalue weighted by molar-refractivity contribution is -0.127. The van der Waals surface area contributed by atoms with Crippen molar-refractivity contribution in [1.29, 1.82) is 0 Å². The molecule has 2 saturated heterocycles. The van der Waals surface area contributed by atoms with Gasteiger partial charge in [-0.25, -0.2) is 0 Å². The highest BCUT2D eigenvalue weighted by molar-refractivity contribution is 5.94. The summed E-state index contributed by atoms with van der Waals surface area (Å²) in [4.78, 5) is 28.8. The van der Waals surface area contributed by atoms with E-state index < -0.39 is 0 Å². The second-order valence-electron chi connectivity index (χ2n) is 7.05. The maximum atomic E-state index is 13.1. The molecule has 0 saturated carbocycles. The van der Waals surface area contributed by atoms with Crippen LogP contribution in [0.25, 0.3) is 0 Å². The third-order valence-corrected chi connectivity index (χ3v) is 5.16. The van der Waals surface area contributed by atoms with Crippen molar-refractivity contribution in [3.63, 3.8) is 0 Å². The number of hydrogen-bond donors (Lipinski definition) is 0. The summed E-state index contributed by atoms with van der Waals surface area (Å²) in [5, 5.41) is 0. The molecule has 1 aromatic rings. The first-order chi connectivity index (χ1) is 12.1. The van der Waals surface area contributed by atoms with Gasteiger partial charge in [-0.3, -0.25) is 9.59 Å². The number of aryl methyl sites for hydroxylation is 1. The molecule has 0 unspecified atom stereocenters. The van der Waals surface area contributed by atoms with Crippen molar-refractivity contribution in [1.82, 2.24) is 9.80 Å². The first-order valence-electron chi connectivity index (χ1n) is 9.38. The molecule has 0 bridgehead atoms. The number of carbonyl (C=O) groups is 2. The Balaban J connectivity index is 1.66. The van der Waals surface area contributed by atoms with Gasteiger partial charge < -0.3 is 14.5 Å². The molecule has 3 rings (SSSR count). The normalized spacial score (nSPS) is 18.6. The molecule has 5 nitrogen and oxygen atoms in total. The van der Waals surface area contributed by atoms with Crippen LogP contribution in [0.3, 0.4) is 0 Å². The second-order valence-corrected chi connectivity index (χ2v) is 7.05. The molecular weight excluding hydrogens is 316 g/mol. The van der Waals surface area contributed by atoms with Crippen LogP contribution in [0.1, 0.15) is 48.0 Å². The van der Waals surface area contributed by atoms with Gasteiger partial charge in [0.15, 0.2) is 0 Å². The first-order valence-corrected chi connectivity index (χ1v) is 9.38. The summed E-state index contributed by atoms with van der Waals surface area (Å²) in [6.45, 7) is 5.75. The molecule has 0 aliphatic carbocycles. The maximum Gasteiger partial charge on any atom is 0.254 e. The Kier molecular flexibility index (Phi) is 6.08. The maximum absolute atomic E-state index is 13.1. The molecule has 5 heteroatoms. The van der Waals surface area contributed by atoms with Gasteiger partial charge in [-0.1, -0.05) is 17.7 Å². The van der Waals surface area contributed by atoms with Crippen LogP contribution in [0.2, 0.25) is 0 Å². The summed E-state index contributed by atoms with van der Waals surface area (Å²) < 4.78 is 5.46. The molecule has 0 spiro atoms. The molecule has 0 atom stereocenters. The number of ether oxygens (including phenoxy) is 1. The van der Waals surface area contributed by atoms with Gasteiger partial charge in [0, 0.05) is 50.9 Å². The fraction of sp³-hybridized carbons (Fsp3) is 0.600. The number of hydrogen-bond acceptors (Lipinski definition) is 3. The minimum atomic E-state index is 0.100. The molecule has 2 aliphatic heterocycles. The van der Waals surface area contributed by atoms with Gasteiger partial charge in [-0.15, -0.1) is 0 Å². The van der Waals surface area contributed by atoms with Gasteiger partial charge in [0.1, 0.15) is 0 Å². The van der Waals surface area contributed by atoms with Crippen molar-refractivity contribution >= 4 is 11.8 Å². The topological polar surface area (TPSA) is 49.9 Å². The Morgan fingerprint density at radius 2 is 2.12 bits per heavy atom. The number of likely N-dealkylation sites (tertiary alicyclic amines) is 1. The minimum absolute atomic E-state index is 0.100. The molecule has 2 amide bonds. The summed E-state index contributed by atoms with van der Waals surface area (Å²) in [6, 6.07) is 8.03. The molecule has 2 fully saturated rings. The average molecular weight is 344 g/mol. The quantitative estimate of drug-likeness (QED) is 0.797. The lowest BCUT2D eigenvalue weighted by Crippen LogP contribution is -2.44. The molecule has 1 aromatic carbocycles. The van der Waals surface area contributed by atoms with Crippen LogP contribution in [0.4, 0.5) is 0 Å². The van der Waals surface area contributed by atoms with Crippen molar-refractivity contribution < 1.29 is 14.3 Å². The molecule has 2 aliphatic rings.